The summed E-state index contributed by atoms with van der Waals surface area (Å²) in [5.41, 5.74) is 4.77. The van der Waals surface area contributed by atoms with E-state index in [9.17, 15) is 0 Å². The molecule has 2 N–H and O–H groups in total. The molecule has 0 amide bonds. The fourth-order valence-corrected chi connectivity index (χ4v) is 6.00. The number of rotatable bonds is 7. The Morgan fingerprint density at radius 3 is 2.39 bits per heavy atom. The van der Waals surface area contributed by atoms with E-state index in [1.54, 1.807) is 0 Å². The standard InChI is InChI=1S/C31H33N5OS/c1-31(2,21-35-16-6-3-7-17-35)37-24-12-10-22(11-13-24)23-18-33-30-28(19-34-36(30)20-23)26-14-15-29(38-32)27-9-5-4-8-25(26)27/h4-5,8-15,18-20H,3,6-7,16-17,21,32H2,1-2H3. The molecule has 0 aliphatic carbocycles. The van der Waals surface area contributed by atoms with Crippen molar-refractivity contribution in [2.45, 2.75) is 43.6 Å². The third-order valence-corrected chi connectivity index (χ3v) is 7.90. The predicted molar refractivity (Wildman–Crippen MR) is 156 cm³/mol. The molecular weight excluding hydrogens is 490 g/mol. The van der Waals surface area contributed by atoms with Crippen LogP contribution in [0.15, 0.2) is 84.1 Å². The zero-order valence-corrected chi connectivity index (χ0v) is 22.7. The number of hydrogen-bond acceptors (Lipinski definition) is 6. The highest BCUT2D eigenvalue weighted by atomic mass is 32.2. The van der Waals surface area contributed by atoms with Gasteiger partial charge in [0, 0.05) is 35.0 Å². The lowest BCUT2D eigenvalue weighted by Gasteiger charge is -2.35. The Kier molecular flexibility index (Phi) is 6.82. The summed E-state index contributed by atoms with van der Waals surface area (Å²) < 4.78 is 8.24. The maximum absolute atomic E-state index is 6.39. The molecule has 0 radical (unpaired) electrons. The second-order valence-electron chi connectivity index (χ2n) is 10.7. The van der Waals surface area contributed by atoms with Crippen molar-refractivity contribution in [1.82, 2.24) is 19.5 Å². The average Bonchev–Trinajstić information content (AvgIpc) is 3.36. The van der Waals surface area contributed by atoms with Crippen LogP contribution in [0, 0.1) is 0 Å². The number of likely N-dealkylation sites (tertiary alicyclic amines) is 1. The average molecular weight is 524 g/mol. The van der Waals surface area contributed by atoms with Crippen LogP contribution in [0.3, 0.4) is 0 Å². The second kappa shape index (κ2) is 10.4. The zero-order chi connectivity index (χ0) is 26.1. The minimum atomic E-state index is -0.240. The number of nitrogens with two attached hydrogens (primary N) is 1. The number of nitrogens with zero attached hydrogens (tertiary/aromatic N) is 4. The molecule has 0 bridgehead atoms. The molecular formula is C31H33N5OS. The maximum atomic E-state index is 6.39. The van der Waals surface area contributed by atoms with Gasteiger partial charge in [-0.25, -0.2) is 9.50 Å². The van der Waals surface area contributed by atoms with E-state index in [4.69, 9.17) is 14.9 Å². The van der Waals surface area contributed by atoms with Gasteiger partial charge in [-0.3, -0.25) is 10.0 Å². The normalized spacial score (nSPS) is 14.8. The molecule has 6 nitrogen and oxygen atoms in total. The van der Waals surface area contributed by atoms with E-state index < -0.39 is 0 Å². The predicted octanol–water partition coefficient (Wildman–Crippen LogP) is 6.83. The molecule has 0 unspecified atom stereocenters. The third-order valence-electron chi connectivity index (χ3n) is 7.29. The lowest BCUT2D eigenvalue weighted by Crippen LogP contribution is -2.44. The van der Waals surface area contributed by atoms with E-state index >= 15 is 0 Å². The summed E-state index contributed by atoms with van der Waals surface area (Å²) in [4.78, 5) is 8.40. The first-order valence-electron chi connectivity index (χ1n) is 13.2. The van der Waals surface area contributed by atoms with E-state index in [-0.39, 0.29) is 5.60 Å². The first-order chi connectivity index (χ1) is 18.5. The molecule has 1 saturated heterocycles. The van der Waals surface area contributed by atoms with Crippen LogP contribution in [-0.4, -0.2) is 44.7 Å². The third kappa shape index (κ3) is 5.01. The van der Waals surface area contributed by atoms with E-state index in [0.717, 1.165) is 55.9 Å². The van der Waals surface area contributed by atoms with Gasteiger partial charge in [0.2, 0.25) is 0 Å². The fourth-order valence-electron chi connectivity index (χ4n) is 5.55. The highest BCUT2D eigenvalue weighted by Crippen LogP contribution is 2.35. The Balaban J connectivity index is 1.24. The molecule has 3 heterocycles. The summed E-state index contributed by atoms with van der Waals surface area (Å²) in [7, 11) is 0. The molecule has 0 atom stereocenters. The van der Waals surface area contributed by atoms with Gasteiger partial charge in [0.1, 0.15) is 11.4 Å². The highest BCUT2D eigenvalue weighted by molar-refractivity contribution is 7.97. The summed E-state index contributed by atoms with van der Waals surface area (Å²) in [5.74, 6) is 0.886. The largest absolute Gasteiger partial charge is 0.487 e. The molecule has 7 heteroatoms. The van der Waals surface area contributed by atoms with E-state index in [0.29, 0.717) is 0 Å². The van der Waals surface area contributed by atoms with E-state index in [2.05, 4.69) is 78.4 Å². The SMILES string of the molecule is CC(C)(CN1CCCCC1)Oc1ccc(-c2cnc3c(-c4ccc(SN)c5ccccc45)cnn3c2)cc1. The van der Waals surface area contributed by atoms with Gasteiger partial charge in [0.15, 0.2) is 5.65 Å². The van der Waals surface area contributed by atoms with E-state index in [1.807, 2.05) is 29.2 Å². The van der Waals surface area contributed by atoms with Crippen molar-refractivity contribution < 1.29 is 4.74 Å². The van der Waals surface area contributed by atoms with Gasteiger partial charge in [0.25, 0.3) is 0 Å². The topological polar surface area (TPSA) is 68.7 Å². The van der Waals surface area contributed by atoms with Crippen LogP contribution in [0.4, 0.5) is 0 Å². The molecule has 5 aromatic rings. The molecule has 1 aliphatic rings. The molecule has 3 aromatic carbocycles. The molecule has 38 heavy (non-hydrogen) atoms. The lowest BCUT2D eigenvalue weighted by atomic mass is 10.00. The van der Waals surface area contributed by atoms with Crippen LogP contribution in [0.5, 0.6) is 5.75 Å². The number of ether oxygens (including phenoxy) is 1. The van der Waals surface area contributed by atoms with Crippen molar-refractivity contribution in [2.24, 2.45) is 5.14 Å². The van der Waals surface area contributed by atoms with Gasteiger partial charge in [-0.2, -0.15) is 5.10 Å². The van der Waals surface area contributed by atoms with E-state index in [1.165, 1.54) is 44.3 Å². The quantitative estimate of drug-likeness (QED) is 0.236. The molecule has 2 aromatic heterocycles. The zero-order valence-electron chi connectivity index (χ0n) is 21.9. The van der Waals surface area contributed by atoms with Crippen LogP contribution < -0.4 is 9.88 Å². The Bertz CT molecular complexity index is 1570. The summed E-state index contributed by atoms with van der Waals surface area (Å²) >= 11 is 1.27. The molecule has 194 valence electrons. The van der Waals surface area contributed by atoms with Crippen molar-refractivity contribution in [3.8, 4) is 28.0 Å². The summed E-state index contributed by atoms with van der Waals surface area (Å²) in [6.07, 6.45) is 9.77. The van der Waals surface area contributed by atoms with Gasteiger partial charge in [-0.1, -0.05) is 48.9 Å². The van der Waals surface area contributed by atoms with Crippen molar-refractivity contribution in [3.05, 3.63) is 79.3 Å². The Morgan fingerprint density at radius 1 is 0.868 bits per heavy atom. The minimum absolute atomic E-state index is 0.240. The van der Waals surface area contributed by atoms with Gasteiger partial charge in [-0.05, 0) is 91.8 Å². The fraction of sp³-hybridized carbons (Fsp3) is 0.290. The number of piperidine rings is 1. The molecule has 1 aliphatic heterocycles. The van der Waals surface area contributed by atoms with Gasteiger partial charge < -0.3 is 4.74 Å². The number of hydrogen-bond donors (Lipinski definition) is 1. The van der Waals surface area contributed by atoms with Gasteiger partial charge in [0.05, 0.1) is 6.20 Å². The minimum Gasteiger partial charge on any atom is -0.487 e. The van der Waals surface area contributed by atoms with Crippen molar-refractivity contribution in [1.29, 1.82) is 0 Å². The number of fused-ring (bicyclic) bond motifs is 2. The summed E-state index contributed by atoms with van der Waals surface area (Å²) in [6, 6.07) is 20.8. The first-order valence-corrected chi connectivity index (χ1v) is 14.1. The summed E-state index contributed by atoms with van der Waals surface area (Å²) in [6.45, 7) is 7.64. The summed E-state index contributed by atoms with van der Waals surface area (Å²) in [5, 5.41) is 12.8. The van der Waals surface area contributed by atoms with Crippen LogP contribution in [0.1, 0.15) is 33.1 Å². The maximum Gasteiger partial charge on any atom is 0.162 e. The van der Waals surface area contributed by atoms with Gasteiger partial charge in [-0.15, -0.1) is 0 Å². The smallest absolute Gasteiger partial charge is 0.162 e. The molecule has 0 saturated carbocycles. The second-order valence-corrected chi connectivity index (χ2v) is 11.3. The Hall–Kier alpha value is -3.39. The molecule has 6 rings (SSSR count). The van der Waals surface area contributed by atoms with Crippen LogP contribution in [-0.2, 0) is 0 Å². The van der Waals surface area contributed by atoms with Crippen molar-refractivity contribution in [3.63, 3.8) is 0 Å². The lowest BCUT2D eigenvalue weighted by molar-refractivity contribution is 0.0520. The van der Waals surface area contributed by atoms with Gasteiger partial charge >= 0.3 is 0 Å². The molecule has 1 fully saturated rings. The number of aromatic nitrogens is 3. The van der Waals surface area contributed by atoms with Crippen LogP contribution in [0.2, 0.25) is 0 Å². The van der Waals surface area contributed by atoms with Crippen LogP contribution >= 0.6 is 11.9 Å². The van der Waals surface area contributed by atoms with Crippen molar-refractivity contribution in [2.75, 3.05) is 19.6 Å². The first kappa shape index (κ1) is 24.9. The number of benzene rings is 3. The van der Waals surface area contributed by atoms with Crippen LogP contribution in [0.25, 0.3) is 38.7 Å². The highest BCUT2D eigenvalue weighted by Gasteiger charge is 2.25. The Morgan fingerprint density at radius 2 is 1.63 bits per heavy atom. The Labute approximate surface area is 228 Å². The van der Waals surface area contributed by atoms with Crippen molar-refractivity contribution >= 4 is 28.4 Å². The molecule has 0 spiro atoms. The monoisotopic (exact) mass is 523 g/mol.